The standard InChI is InChI=1S/C25H39N7O3/c1-18(2)31(24(34)35-25(3,4)5)16-19-7-6-12-30(15-19)23(33)20-10-13-29(14-11-20)22-9-8-21-27-26-17-32(21)28-22/h8-9,17-20H,6-7,10-16H2,1-5H3. The number of hydrogen-bond donors (Lipinski definition) is 0. The second kappa shape index (κ2) is 10.4. The number of amides is 2. The maximum atomic E-state index is 13.4. The Labute approximate surface area is 207 Å². The third-order valence-corrected chi connectivity index (χ3v) is 6.85. The number of aromatic nitrogens is 4. The first-order valence-corrected chi connectivity index (χ1v) is 12.8. The normalized spacial score (nSPS) is 19.9. The summed E-state index contributed by atoms with van der Waals surface area (Å²) in [7, 11) is 0. The molecule has 0 spiro atoms. The summed E-state index contributed by atoms with van der Waals surface area (Å²) in [5.74, 6) is 1.44. The van der Waals surface area contributed by atoms with Crippen molar-refractivity contribution in [3.63, 3.8) is 0 Å². The highest BCUT2D eigenvalue weighted by Crippen LogP contribution is 2.27. The molecule has 0 aliphatic carbocycles. The lowest BCUT2D eigenvalue weighted by atomic mass is 9.92. The fourth-order valence-corrected chi connectivity index (χ4v) is 5.01. The van der Waals surface area contributed by atoms with Gasteiger partial charge < -0.3 is 19.4 Å². The molecule has 0 aromatic carbocycles. The smallest absolute Gasteiger partial charge is 0.410 e. The number of carbonyl (C=O) groups excluding carboxylic acids is 2. The molecule has 0 saturated carbocycles. The van der Waals surface area contributed by atoms with Crippen LogP contribution in [0, 0.1) is 11.8 Å². The maximum absolute atomic E-state index is 13.4. The number of fused-ring (bicyclic) bond motifs is 1. The van der Waals surface area contributed by atoms with E-state index in [1.807, 2.05) is 56.6 Å². The van der Waals surface area contributed by atoms with Gasteiger partial charge in [-0.1, -0.05) is 0 Å². The van der Waals surface area contributed by atoms with Crippen molar-refractivity contribution in [2.75, 3.05) is 37.6 Å². The summed E-state index contributed by atoms with van der Waals surface area (Å²) in [6.45, 7) is 13.4. The molecule has 2 aliphatic heterocycles. The predicted molar refractivity (Wildman–Crippen MR) is 133 cm³/mol. The monoisotopic (exact) mass is 485 g/mol. The molecule has 10 heteroatoms. The Morgan fingerprint density at radius 1 is 1.14 bits per heavy atom. The van der Waals surface area contributed by atoms with Gasteiger partial charge in [0.15, 0.2) is 5.65 Å². The summed E-state index contributed by atoms with van der Waals surface area (Å²) in [5, 5.41) is 12.5. The van der Waals surface area contributed by atoms with Crippen LogP contribution < -0.4 is 4.90 Å². The van der Waals surface area contributed by atoms with Gasteiger partial charge in [-0.15, -0.1) is 15.3 Å². The van der Waals surface area contributed by atoms with Gasteiger partial charge in [0, 0.05) is 44.7 Å². The van der Waals surface area contributed by atoms with Crippen LogP contribution in [0.25, 0.3) is 5.65 Å². The van der Waals surface area contributed by atoms with Crippen molar-refractivity contribution in [1.82, 2.24) is 29.6 Å². The van der Waals surface area contributed by atoms with E-state index in [2.05, 4.69) is 20.2 Å². The van der Waals surface area contributed by atoms with E-state index in [4.69, 9.17) is 4.74 Å². The molecule has 0 radical (unpaired) electrons. The van der Waals surface area contributed by atoms with Crippen molar-refractivity contribution in [2.45, 2.75) is 71.9 Å². The van der Waals surface area contributed by atoms with E-state index >= 15 is 0 Å². The third kappa shape index (κ3) is 6.21. The van der Waals surface area contributed by atoms with E-state index in [1.165, 1.54) is 0 Å². The minimum absolute atomic E-state index is 0.0377. The Kier molecular flexibility index (Phi) is 7.47. The van der Waals surface area contributed by atoms with E-state index in [0.717, 1.165) is 56.8 Å². The van der Waals surface area contributed by atoms with Gasteiger partial charge in [0.25, 0.3) is 0 Å². The van der Waals surface area contributed by atoms with Crippen molar-refractivity contribution in [2.24, 2.45) is 11.8 Å². The Bertz CT molecular complexity index is 1020. The first kappa shape index (κ1) is 25.2. The third-order valence-electron chi connectivity index (χ3n) is 6.85. The molecule has 10 nitrogen and oxygen atoms in total. The molecule has 2 aliphatic rings. The van der Waals surface area contributed by atoms with E-state index < -0.39 is 5.60 Å². The number of likely N-dealkylation sites (tertiary alicyclic amines) is 1. The van der Waals surface area contributed by atoms with E-state index in [0.29, 0.717) is 13.1 Å². The molecule has 192 valence electrons. The largest absolute Gasteiger partial charge is 0.444 e. The molecule has 0 N–H and O–H groups in total. The van der Waals surface area contributed by atoms with Crippen molar-refractivity contribution in [3.8, 4) is 0 Å². The van der Waals surface area contributed by atoms with E-state index in [1.54, 1.807) is 10.8 Å². The Morgan fingerprint density at radius 2 is 1.89 bits per heavy atom. The SMILES string of the molecule is CC(C)N(CC1CCCN(C(=O)C2CCN(c3ccc4nncn4n3)CC2)C1)C(=O)OC(C)(C)C. The number of ether oxygens (including phenoxy) is 1. The molecule has 2 aromatic rings. The fraction of sp³-hybridized carbons (Fsp3) is 0.720. The molecule has 2 fully saturated rings. The van der Waals surface area contributed by atoms with Crippen LogP contribution in [0.1, 0.15) is 60.3 Å². The number of nitrogens with zero attached hydrogens (tertiary/aromatic N) is 7. The molecule has 4 heterocycles. The van der Waals surface area contributed by atoms with E-state index in [-0.39, 0.29) is 29.9 Å². The highest BCUT2D eigenvalue weighted by molar-refractivity contribution is 5.79. The zero-order valence-electron chi connectivity index (χ0n) is 21.7. The fourth-order valence-electron chi connectivity index (χ4n) is 5.01. The first-order chi connectivity index (χ1) is 16.6. The number of piperidine rings is 2. The Balaban J connectivity index is 1.31. The van der Waals surface area contributed by atoms with Crippen LogP contribution in [0.15, 0.2) is 18.5 Å². The van der Waals surface area contributed by atoms with Crippen LogP contribution in [0.4, 0.5) is 10.6 Å². The summed E-state index contributed by atoms with van der Waals surface area (Å²) in [6.07, 6.45) is 4.95. The molecule has 35 heavy (non-hydrogen) atoms. The Hall–Kier alpha value is -2.91. The number of anilines is 1. The van der Waals surface area contributed by atoms with Crippen LogP contribution in [0.2, 0.25) is 0 Å². The predicted octanol–water partition coefficient (Wildman–Crippen LogP) is 3.22. The van der Waals surface area contributed by atoms with Crippen molar-refractivity contribution >= 4 is 23.5 Å². The number of hydrogen-bond acceptors (Lipinski definition) is 7. The van der Waals surface area contributed by atoms with E-state index in [9.17, 15) is 9.59 Å². The summed E-state index contributed by atoms with van der Waals surface area (Å²) in [5.41, 5.74) is 0.200. The molecule has 1 unspecified atom stereocenters. The second-order valence-corrected chi connectivity index (χ2v) is 11.1. The van der Waals surface area contributed by atoms with Gasteiger partial charge in [-0.05, 0) is 78.4 Å². The topological polar surface area (TPSA) is 96.2 Å². The van der Waals surface area contributed by atoms with Gasteiger partial charge in [0.2, 0.25) is 5.91 Å². The van der Waals surface area contributed by atoms with Gasteiger partial charge in [0.05, 0.1) is 0 Å². The summed E-state index contributed by atoms with van der Waals surface area (Å²) >= 11 is 0. The molecule has 2 aromatic heterocycles. The van der Waals surface area contributed by atoms with Gasteiger partial charge >= 0.3 is 6.09 Å². The Morgan fingerprint density at radius 3 is 2.57 bits per heavy atom. The molecular formula is C25H39N7O3. The highest BCUT2D eigenvalue weighted by Gasteiger charge is 2.34. The summed E-state index contributed by atoms with van der Waals surface area (Å²) < 4.78 is 7.30. The lowest BCUT2D eigenvalue weighted by molar-refractivity contribution is -0.138. The molecule has 2 saturated heterocycles. The van der Waals surface area contributed by atoms with Crippen LogP contribution in [0.3, 0.4) is 0 Å². The average molecular weight is 486 g/mol. The maximum Gasteiger partial charge on any atom is 0.410 e. The lowest BCUT2D eigenvalue weighted by Crippen LogP contribution is -2.50. The van der Waals surface area contributed by atoms with Crippen LogP contribution in [0.5, 0.6) is 0 Å². The quantitative estimate of drug-likeness (QED) is 0.641. The minimum Gasteiger partial charge on any atom is -0.444 e. The molecular weight excluding hydrogens is 446 g/mol. The van der Waals surface area contributed by atoms with Crippen LogP contribution in [-0.2, 0) is 9.53 Å². The zero-order chi connectivity index (χ0) is 25.2. The van der Waals surface area contributed by atoms with Crippen LogP contribution in [-0.4, -0.2) is 86.0 Å². The van der Waals surface area contributed by atoms with Gasteiger partial charge in [-0.2, -0.15) is 4.52 Å². The van der Waals surface area contributed by atoms with Crippen molar-refractivity contribution in [3.05, 3.63) is 18.5 Å². The van der Waals surface area contributed by atoms with Gasteiger partial charge in [-0.25, -0.2) is 4.79 Å². The minimum atomic E-state index is -0.523. The van der Waals surface area contributed by atoms with Crippen LogP contribution >= 0.6 is 0 Å². The average Bonchev–Trinajstić information content (AvgIpc) is 3.29. The highest BCUT2D eigenvalue weighted by atomic mass is 16.6. The van der Waals surface area contributed by atoms with Gasteiger partial charge in [-0.3, -0.25) is 4.79 Å². The van der Waals surface area contributed by atoms with Crippen molar-refractivity contribution < 1.29 is 14.3 Å². The number of rotatable bonds is 5. The zero-order valence-corrected chi connectivity index (χ0v) is 21.7. The number of carbonyl (C=O) groups is 2. The summed E-state index contributed by atoms with van der Waals surface area (Å²) in [4.78, 5) is 32.2. The summed E-state index contributed by atoms with van der Waals surface area (Å²) in [6, 6.07) is 3.93. The molecule has 4 rings (SSSR count). The van der Waals surface area contributed by atoms with Crippen molar-refractivity contribution in [1.29, 1.82) is 0 Å². The molecule has 2 amide bonds. The molecule has 0 bridgehead atoms. The molecule has 1 atom stereocenters. The second-order valence-electron chi connectivity index (χ2n) is 11.1. The van der Waals surface area contributed by atoms with Gasteiger partial charge in [0.1, 0.15) is 17.7 Å². The first-order valence-electron chi connectivity index (χ1n) is 12.8. The lowest BCUT2D eigenvalue weighted by Gasteiger charge is -2.40.